The molecule has 0 bridgehead atoms. The van der Waals surface area contributed by atoms with E-state index in [1.807, 2.05) is 0 Å². The third kappa shape index (κ3) is 4.35. The Labute approximate surface area is 244 Å². The molecule has 0 spiro atoms. The summed E-state index contributed by atoms with van der Waals surface area (Å²) in [6.07, 6.45) is 0.0679. The lowest BCUT2D eigenvalue weighted by molar-refractivity contribution is -0.153. The molecule has 0 heterocycles. The van der Waals surface area contributed by atoms with Crippen LogP contribution in [0, 0.1) is 11.8 Å². The average Bonchev–Trinajstić information content (AvgIpc) is 2.94. The van der Waals surface area contributed by atoms with Crippen molar-refractivity contribution in [3.8, 4) is 16.9 Å². The number of ether oxygens (including phenoxy) is 1. The van der Waals surface area contributed by atoms with Crippen molar-refractivity contribution in [3.05, 3.63) is 64.4 Å². The van der Waals surface area contributed by atoms with E-state index in [1.165, 1.54) is 25.1 Å². The minimum absolute atomic E-state index is 0.0423. The maximum atomic E-state index is 14.0. The highest BCUT2D eigenvalue weighted by Gasteiger charge is 2.64. The number of nitrogens with two attached hydrogens (primary N) is 1. The fraction of sp³-hybridized carbons (Fsp3) is 0.300. The molecule has 3 aliphatic carbocycles. The summed E-state index contributed by atoms with van der Waals surface area (Å²) in [5.41, 5.74) is 3.46. The first-order valence-electron chi connectivity index (χ1n) is 13.2. The van der Waals surface area contributed by atoms with E-state index < -0.39 is 69.9 Å². The summed E-state index contributed by atoms with van der Waals surface area (Å²) in [4.78, 5) is 64.0. The molecule has 0 aliphatic heterocycles. The Hall–Kier alpha value is -5.01. The Morgan fingerprint density at radius 1 is 1.05 bits per heavy atom. The Morgan fingerprint density at radius 3 is 2.28 bits per heavy atom. The first-order chi connectivity index (χ1) is 20.2. The van der Waals surface area contributed by atoms with E-state index in [9.17, 15) is 44.4 Å². The number of aliphatic hydroxyl groups is 3. The summed E-state index contributed by atoms with van der Waals surface area (Å²) >= 11 is 0. The minimum Gasteiger partial charge on any atom is -0.508 e. The molecule has 2 aromatic rings. The van der Waals surface area contributed by atoms with Crippen molar-refractivity contribution in [1.82, 2.24) is 4.90 Å². The first-order valence-corrected chi connectivity index (χ1v) is 13.2. The SMILES string of the molecule is COC(=O)C(=O)Nc1ccc(-c2ccc(O)c3c2CC2CC4C(N(C)C)C(=O)C(C(N)=O)=C(O)C4(O)C(=O)C2=C3O)cc1. The van der Waals surface area contributed by atoms with E-state index in [2.05, 4.69) is 10.1 Å². The van der Waals surface area contributed by atoms with Gasteiger partial charge in [-0.2, -0.15) is 0 Å². The zero-order chi connectivity index (χ0) is 31.5. The third-order valence-electron chi connectivity index (χ3n) is 8.43. The number of aromatic hydroxyl groups is 1. The zero-order valence-corrected chi connectivity index (χ0v) is 23.4. The highest BCUT2D eigenvalue weighted by Crippen LogP contribution is 2.53. The monoisotopic (exact) mass is 591 g/mol. The number of hydrogen-bond acceptors (Lipinski definition) is 11. The summed E-state index contributed by atoms with van der Waals surface area (Å²) in [6, 6.07) is 8.15. The molecule has 13 nitrogen and oxygen atoms in total. The number of hydrogen-bond donors (Lipinski definition) is 6. The quantitative estimate of drug-likeness (QED) is 0.166. The molecular formula is C30H29N3O10. The van der Waals surface area contributed by atoms with Gasteiger partial charge in [-0.15, -0.1) is 0 Å². The number of phenolic OH excluding ortho intramolecular Hbond substituents is 1. The van der Waals surface area contributed by atoms with Crippen LogP contribution in [0.5, 0.6) is 5.75 Å². The molecule has 0 aromatic heterocycles. The number of likely N-dealkylation sites (N-methyl/N-ethyl adjacent to an activating group) is 1. The van der Waals surface area contributed by atoms with Gasteiger partial charge in [0.15, 0.2) is 11.4 Å². The lowest BCUT2D eigenvalue weighted by Gasteiger charge is -2.50. The van der Waals surface area contributed by atoms with Crippen LogP contribution >= 0.6 is 0 Å². The largest absolute Gasteiger partial charge is 0.508 e. The molecule has 224 valence electrons. The molecule has 1 saturated carbocycles. The molecule has 0 saturated heterocycles. The molecule has 43 heavy (non-hydrogen) atoms. The van der Waals surface area contributed by atoms with Crippen molar-refractivity contribution >= 4 is 40.8 Å². The molecule has 3 aliphatic rings. The van der Waals surface area contributed by atoms with Gasteiger partial charge < -0.3 is 36.2 Å². The van der Waals surface area contributed by atoms with Gasteiger partial charge in [-0.1, -0.05) is 18.2 Å². The van der Waals surface area contributed by atoms with Gasteiger partial charge in [-0.05, 0) is 67.7 Å². The van der Waals surface area contributed by atoms with Crippen molar-refractivity contribution in [2.24, 2.45) is 17.6 Å². The van der Waals surface area contributed by atoms with Gasteiger partial charge in [-0.3, -0.25) is 24.1 Å². The van der Waals surface area contributed by atoms with Crippen molar-refractivity contribution in [1.29, 1.82) is 0 Å². The average molecular weight is 592 g/mol. The van der Waals surface area contributed by atoms with Crippen molar-refractivity contribution < 1.29 is 49.1 Å². The fourth-order valence-electron chi connectivity index (χ4n) is 6.52. The van der Waals surface area contributed by atoms with Crippen molar-refractivity contribution in [2.75, 3.05) is 26.5 Å². The van der Waals surface area contributed by atoms with E-state index in [-0.39, 0.29) is 29.7 Å². The van der Waals surface area contributed by atoms with Crippen LogP contribution in [0.15, 0.2) is 53.3 Å². The van der Waals surface area contributed by atoms with Crippen LogP contribution in [-0.2, 0) is 35.1 Å². The molecule has 13 heteroatoms. The Balaban J connectivity index is 1.62. The molecule has 2 amide bonds. The zero-order valence-electron chi connectivity index (χ0n) is 23.4. The predicted octanol–water partition coefficient (Wildman–Crippen LogP) is 0.743. The Bertz CT molecular complexity index is 1670. The number of Topliss-reactive ketones (excluding diaryl/α,β-unsaturated/α-hetero) is 2. The lowest BCUT2D eigenvalue weighted by atomic mass is 9.57. The number of ketones is 2. The van der Waals surface area contributed by atoms with Crippen LogP contribution in [0.1, 0.15) is 17.5 Å². The second-order valence-corrected chi connectivity index (χ2v) is 11.0. The van der Waals surface area contributed by atoms with Crippen molar-refractivity contribution in [2.45, 2.75) is 24.5 Å². The first kappa shape index (κ1) is 29.5. The molecule has 4 atom stereocenters. The van der Waals surface area contributed by atoms with E-state index in [1.54, 1.807) is 30.3 Å². The second-order valence-electron chi connectivity index (χ2n) is 11.0. The normalized spacial score (nSPS) is 24.7. The van der Waals surface area contributed by atoms with Gasteiger partial charge in [0.1, 0.15) is 22.8 Å². The smallest absolute Gasteiger partial charge is 0.396 e. The number of methoxy groups -OCH3 is 1. The van der Waals surface area contributed by atoms with Gasteiger partial charge >= 0.3 is 11.9 Å². The van der Waals surface area contributed by atoms with E-state index in [4.69, 9.17) is 5.73 Å². The summed E-state index contributed by atoms with van der Waals surface area (Å²) in [6.45, 7) is 0. The number of fused-ring (bicyclic) bond motifs is 3. The number of esters is 1. The number of benzene rings is 2. The highest BCUT2D eigenvalue weighted by atomic mass is 16.5. The van der Waals surface area contributed by atoms with E-state index >= 15 is 0 Å². The predicted molar refractivity (Wildman–Crippen MR) is 150 cm³/mol. The van der Waals surface area contributed by atoms with Crippen LogP contribution in [0.25, 0.3) is 16.9 Å². The molecule has 1 fully saturated rings. The number of primary amides is 1. The number of nitrogens with one attached hydrogen (secondary N) is 1. The van der Waals surface area contributed by atoms with Crippen LogP contribution in [0.4, 0.5) is 5.69 Å². The third-order valence-corrected chi connectivity index (χ3v) is 8.43. The molecule has 2 aromatic carbocycles. The Morgan fingerprint density at radius 2 is 1.70 bits per heavy atom. The molecular weight excluding hydrogens is 562 g/mol. The number of rotatable bonds is 4. The van der Waals surface area contributed by atoms with Gasteiger partial charge in [0.2, 0.25) is 5.78 Å². The maximum Gasteiger partial charge on any atom is 0.396 e. The van der Waals surface area contributed by atoms with Crippen LogP contribution in [-0.4, -0.2) is 87.5 Å². The number of anilines is 1. The van der Waals surface area contributed by atoms with Crippen LogP contribution in [0.3, 0.4) is 0 Å². The van der Waals surface area contributed by atoms with Gasteiger partial charge in [0, 0.05) is 17.2 Å². The number of carbonyl (C=O) groups excluding carboxylic acids is 5. The topological polar surface area (TPSA) is 217 Å². The number of amides is 2. The number of aliphatic hydroxyl groups excluding tert-OH is 2. The molecule has 4 unspecified atom stereocenters. The highest BCUT2D eigenvalue weighted by molar-refractivity contribution is 6.37. The fourth-order valence-corrected chi connectivity index (χ4v) is 6.52. The van der Waals surface area contributed by atoms with Crippen LogP contribution in [0.2, 0.25) is 0 Å². The molecule has 7 N–H and O–H groups in total. The van der Waals surface area contributed by atoms with E-state index in [0.29, 0.717) is 22.4 Å². The van der Waals surface area contributed by atoms with Gasteiger partial charge in [0.05, 0.1) is 18.7 Å². The second kappa shape index (κ2) is 10.4. The standard InChI is InChI=1S/C30H29N3O10/c1-33(2)22-17-11-13-10-16-15(12-4-6-14(7-5-12)32-28(40)29(41)43-3)8-9-18(34)20(16)23(35)19(13)25(37)30(17,42)26(38)21(24(22)36)27(31)39/h4-9,13,17,22,34-35,38,42H,10-11H2,1-3H3,(H2,31,39)(H,32,40). The summed E-state index contributed by atoms with van der Waals surface area (Å²) < 4.78 is 4.40. The minimum atomic E-state index is -2.72. The maximum absolute atomic E-state index is 14.0. The summed E-state index contributed by atoms with van der Waals surface area (Å²) in [5.74, 6) is -9.26. The lowest BCUT2D eigenvalue weighted by Crippen LogP contribution is -2.65. The number of phenols is 1. The van der Waals surface area contributed by atoms with Crippen LogP contribution < -0.4 is 11.1 Å². The number of carbonyl (C=O) groups is 5. The van der Waals surface area contributed by atoms with E-state index in [0.717, 1.165) is 7.11 Å². The van der Waals surface area contributed by atoms with Gasteiger partial charge in [-0.25, -0.2) is 4.79 Å². The van der Waals surface area contributed by atoms with Gasteiger partial charge in [0.25, 0.3) is 5.91 Å². The Kier molecular flexibility index (Phi) is 7.11. The molecule has 0 radical (unpaired) electrons. The van der Waals surface area contributed by atoms with Crippen molar-refractivity contribution in [3.63, 3.8) is 0 Å². The molecule has 5 rings (SSSR count). The summed E-state index contributed by atoms with van der Waals surface area (Å²) in [7, 11) is 4.14. The summed E-state index contributed by atoms with van der Waals surface area (Å²) in [5, 5.41) is 47.3. The number of nitrogens with zero attached hydrogens (tertiary/aromatic N) is 1.